The van der Waals surface area contributed by atoms with Crippen molar-refractivity contribution in [1.82, 2.24) is 15.5 Å². The van der Waals surface area contributed by atoms with Gasteiger partial charge in [-0.2, -0.15) is 13.2 Å². The first-order chi connectivity index (χ1) is 14.2. The van der Waals surface area contributed by atoms with E-state index in [0.29, 0.717) is 5.56 Å². The first-order valence-electron chi connectivity index (χ1n) is 8.53. The van der Waals surface area contributed by atoms with E-state index in [-0.39, 0.29) is 41.4 Å². The molecule has 156 valence electrons. The monoisotopic (exact) mass is 438 g/mol. The average Bonchev–Trinajstić information content (AvgIpc) is 3.14. The zero-order valence-corrected chi connectivity index (χ0v) is 15.9. The summed E-state index contributed by atoms with van der Waals surface area (Å²) >= 11 is 5.85. The Morgan fingerprint density at radius 1 is 1.03 bits per heavy atom. The molecule has 0 atom stereocenters. The minimum absolute atomic E-state index is 0.0498. The molecule has 3 rings (SSSR count). The Morgan fingerprint density at radius 2 is 1.73 bits per heavy atom. The molecule has 1 aromatic heterocycles. The molecule has 0 aliphatic heterocycles. The highest BCUT2D eigenvalue weighted by Crippen LogP contribution is 2.33. The number of carbonyl (C=O) groups is 2. The number of rotatable bonds is 6. The Hall–Kier alpha value is -3.40. The lowest BCUT2D eigenvalue weighted by molar-refractivity contribution is -0.137. The second-order valence-corrected chi connectivity index (χ2v) is 6.46. The standard InChI is InChI=1S/C19H14ClF3N4O3/c20-13-7-6-12(19(21,22)23)8-14(13)25-15(28)9-16-26-27-17(30-16)10-24-18(29)11-4-2-1-3-5-11/h1-8H,9-10H2,(H,24,29)(H,25,28). The van der Waals surface area contributed by atoms with Gasteiger partial charge in [-0.1, -0.05) is 29.8 Å². The number of anilines is 1. The van der Waals surface area contributed by atoms with E-state index in [1.54, 1.807) is 30.3 Å². The number of alkyl halides is 3. The molecule has 0 aliphatic carbocycles. The van der Waals surface area contributed by atoms with Gasteiger partial charge in [-0.15, -0.1) is 10.2 Å². The number of hydrogen-bond acceptors (Lipinski definition) is 5. The fraction of sp³-hybridized carbons (Fsp3) is 0.158. The highest BCUT2D eigenvalue weighted by molar-refractivity contribution is 6.33. The van der Waals surface area contributed by atoms with Crippen LogP contribution in [0.4, 0.5) is 18.9 Å². The molecule has 0 radical (unpaired) electrons. The van der Waals surface area contributed by atoms with Gasteiger partial charge in [0.2, 0.25) is 17.7 Å². The van der Waals surface area contributed by atoms with Crippen LogP contribution in [0.15, 0.2) is 52.9 Å². The van der Waals surface area contributed by atoms with Gasteiger partial charge in [-0.3, -0.25) is 9.59 Å². The van der Waals surface area contributed by atoms with Crippen LogP contribution in [-0.4, -0.2) is 22.0 Å². The average molecular weight is 439 g/mol. The Labute approximate surface area is 173 Å². The van der Waals surface area contributed by atoms with E-state index in [0.717, 1.165) is 18.2 Å². The maximum absolute atomic E-state index is 12.8. The summed E-state index contributed by atoms with van der Waals surface area (Å²) in [6, 6.07) is 11.1. The van der Waals surface area contributed by atoms with Gasteiger partial charge in [0.15, 0.2) is 0 Å². The number of carbonyl (C=O) groups excluding carboxylic acids is 2. The summed E-state index contributed by atoms with van der Waals surface area (Å²) in [7, 11) is 0. The molecule has 0 aliphatic rings. The van der Waals surface area contributed by atoms with Crippen LogP contribution in [0, 0.1) is 0 Å². The smallest absolute Gasteiger partial charge is 0.416 e. The van der Waals surface area contributed by atoms with Crippen LogP contribution >= 0.6 is 11.6 Å². The van der Waals surface area contributed by atoms with Crippen LogP contribution in [0.3, 0.4) is 0 Å². The van der Waals surface area contributed by atoms with Crippen LogP contribution < -0.4 is 10.6 Å². The van der Waals surface area contributed by atoms with Crippen molar-refractivity contribution in [3.63, 3.8) is 0 Å². The number of aromatic nitrogens is 2. The zero-order chi connectivity index (χ0) is 21.7. The molecule has 11 heteroatoms. The van der Waals surface area contributed by atoms with Crippen molar-refractivity contribution < 1.29 is 27.2 Å². The molecule has 1 heterocycles. The maximum atomic E-state index is 12.8. The highest BCUT2D eigenvalue weighted by atomic mass is 35.5. The number of halogens is 4. The summed E-state index contributed by atoms with van der Waals surface area (Å²) in [5, 5.41) is 12.2. The lowest BCUT2D eigenvalue weighted by atomic mass is 10.2. The van der Waals surface area contributed by atoms with Crippen molar-refractivity contribution >= 4 is 29.1 Å². The SMILES string of the molecule is O=C(Cc1nnc(CNC(=O)c2ccccc2)o1)Nc1cc(C(F)(F)F)ccc1Cl. The molecule has 7 nitrogen and oxygen atoms in total. The molecule has 30 heavy (non-hydrogen) atoms. The van der Waals surface area contributed by atoms with Gasteiger partial charge < -0.3 is 15.1 Å². The van der Waals surface area contributed by atoms with Gasteiger partial charge >= 0.3 is 6.18 Å². The summed E-state index contributed by atoms with van der Waals surface area (Å²) in [5.74, 6) is -1.04. The van der Waals surface area contributed by atoms with Crippen molar-refractivity contribution in [2.24, 2.45) is 0 Å². The van der Waals surface area contributed by atoms with Gasteiger partial charge in [0.05, 0.1) is 22.8 Å². The predicted octanol–water partition coefficient (Wildman–Crippen LogP) is 3.85. The van der Waals surface area contributed by atoms with Crippen molar-refractivity contribution in [3.05, 3.63) is 76.5 Å². The molecule has 2 aromatic carbocycles. The van der Waals surface area contributed by atoms with E-state index in [1.165, 1.54) is 0 Å². The molecule has 0 unspecified atom stereocenters. The summed E-state index contributed by atoms with van der Waals surface area (Å²) in [4.78, 5) is 24.1. The van der Waals surface area contributed by atoms with E-state index in [4.69, 9.17) is 16.0 Å². The van der Waals surface area contributed by atoms with Gasteiger partial charge in [-0.05, 0) is 30.3 Å². The van der Waals surface area contributed by atoms with E-state index >= 15 is 0 Å². The minimum Gasteiger partial charge on any atom is -0.423 e. The second-order valence-electron chi connectivity index (χ2n) is 6.06. The summed E-state index contributed by atoms with van der Waals surface area (Å²) in [5.41, 5.74) is -0.683. The highest BCUT2D eigenvalue weighted by Gasteiger charge is 2.31. The van der Waals surface area contributed by atoms with E-state index in [9.17, 15) is 22.8 Å². The maximum Gasteiger partial charge on any atom is 0.416 e. The molecular weight excluding hydrogens is 425 g/mol. The molecule has 3 aromatic rings. The largest absolute Gasteiger partial charge is 0.423 e. The Balaban J connectivity index is 1.57. The third kappa shape index (κ3) is 5.57. The minimum atomic E-state index is -4.57. The molecule has 0 spiro atoms. The topological polar surface area (TPSA) is 97.1 Å². The number of nitrogens with one attached hydrogen (secondary N) is 2. The lowest BCUT2D eigenvalue weighted by Crippen LogP contribution is -2.22. The molecule has 0 saturated carbocycles. The van der Waals surface area contributed by atoms with Crippen LogP contribution in [0.25, 0.3) is 0 Å². The Kier molecular flexibility index (Phi) is 6.36. The molecule has 0 bridgehead atoms. The lowest BCUT2D eigenvalue weighted by Gasteiger charge is -2.11. The van der Waals surface area contributed by atoms with Crippen LogP contribution in [-0.2, 0) is 23.9 Å². The molecule has 0 saturated heterocycles. The molecule has 2 amide bonds. The summed E-state index contributed by atoms with van der Waals surface area (Å²) in [6.45, 7) is -0.0538. The number of amides is 2. The number of benzene rings is 2. The van der Waals surface area contributed by atoms with Crippen LogP contribution in [0.5, 0.6) is 0 Å². The van der Waals surface area contributed by atoms with Crippen molar-refractivity contribution in [2.75, 3.05) is 5.32 Å². The summed E-state index contributed by atoms with van der Waals surface area (Å²) < 4.78 is 43.7. The normalized spacial score (nSPS) is 11.2. The third-order valence-electron chi connectivity index (χ3n) is 3.82. The second kappa shape index (κ2) is 8.95. The van der Waals surface area contributed by atoms with Crippen LogP contribution in [0.2, 0.25) is 5.02 Å². The first-order valence-corrected chi connectivity index (χ1v) is 8.91. The quantitative estimate of drug-likeness (QED) is 0.609. The molecule has 2 N–H and O–H groups in total. The van der Waals surface area contributed by atoms with Crippen molar-refractivity contribution in [2.45, 2.75) is 19.1 Å². The van der Waals surface area contributed by atoms with E-state index in [2.05, 4.69) is 20.8 Å². The number of hydrogen-bond donors (Lipinski definition) is 2. The Morgan fingerprint density at radius 3 is 2.43 bits per heavy atom. The summed E-state index contributed by atoms with van der Waals surface area (Å²) in [6.07, 6.45) is -4.96. The fourth-order valence-corrected chi connectivity index (χ4v) is 2.57. The third-order valence-corrected chi connectivity index (χ3v) is 4.15. The Bertz CT molecular complexity index is 1050. The van der Waals surface area contributed by atoms with Crippen molar-refractivity contribution in [3.8, 4) is 0 Å². The number of nitrogens with zero attached hydrogens (tertiary/aromatic N) is 2. The zero-order valence-electron chi connectivity index (χ0n) is 15.2. The molecular formula is C19H14ClF3N4O3. The first kappa shape index (κ1) is 21.3. The van der Waals surface area contributed by atoms with Crippen LogP contribution in [0.1, 0.15) is 27.7 Å². The van der Waals surface area contributed by atoms with Gasteiger partial charge in [-0.25, -0.2) is 0 Å². The van der Waals surface area contributed by atoms with Gasteiger partial charge in [0, 0.05) is 5.56 Å². The fourth-order valence-electron chi connectivity index (χ4n) is 2.41. The van der Waals surface area contributed by atoms with Crippen molar-refractivity contribution in [1.29, 1.82) is 0 Å². The van der Waals surface area contributed by atoms with Gasteiger partial charge in [0.25, 0.3) is 5.91 Å². The van der Waals surface area contributed by atoms with E-state index in [1.807, 2.05) is 0 Å². The van der Waals surface area contributed by atoms with Gasteiger partial charge in [0.1, 0.15) is 6.42 Å². The molecule has 0 fully saturated rings. The predicted molar refractivity (Wildman–Crippen MR) is 101 cm³/mol. The van der Waals surface area contributed by atoms with E-state index < -0.39 is 17.6 Å².